The van der Waals surface area contributed by atoms with Crippen LogP contribution in [0.2, 0.25) is 0 Å². The highest BCUT2D eigenvalue weighted by atomic mass is 16.5. The number of benzene rings is 1. The number of nitrogens with zero attached hydrogens (tertiary/aromatic N) is 1. The number of ether oxygens (including phenoxy) is 2. The van der Waals surface area contributed by atoms with E-state index in [2.05, 4.69) is 5.32 Å². The number of imide groups is 1. The Morgan fingerprint density at radius 1 is 1.30 bits per heavy atom. The largest absolute Gasteiger partial charge is 0.495 e. The molecule has 1 aromatic rings. The molecule has 1 aliphatic heterocycles. The van der Waals surface area contributed by atoms with Crippen LogP contribution in [0, 0.1) is 12.8 Å². The SMILES string of the molecule is CCNC(=O)NC(=O)COC(=O)[C@H]1CC(=O)N(c2cc(C)ccc2OC)C1. The molecule has 2 N–H and O–H groups in total. The molecule has 1 aliphatic rings. The highest BCUT2D eigenvalue weighted by molar-refractivity contribution is 6.01. The molecule has 0 bridgehead atoms. The van der Waals surface area contributed by atoms with Crippen molar-refractivity contribution in [2.24, 2.45) is 5.92 Å². The maximum atomic E-state index is 12.4. The van der Waals surface area contributed by atoms with Crippen molar-refractivity contribution in [1.82, 2.24) is 10.6 Å². The van der Waals surface area contributed by atoms with Gasteiger partial charge in [-0.25, -0.2) is 4.79 Å². The van der Waals surface area contributed by atoms with Crippen LogP contribution in [0.4, 0.5) is 10.5 Å². The van der Waals surface area contributed by atoms with Crippen LogP contribution in [0.1, 0.15) is 18.9 Å². The number of carbonyl (C=O) groups excluding carboxylic acids is 4. The minimum atomic E-state index is -0.740. The number of aryl methyl sites for hydroxylation is 1. The molecule has 9 nitrogen and oxygen atoms in total. The summed E-state index contributed by atoms with van der Waals surface area (Å²) in [6.45, 7) is 3.50. The van der Waals surface area contributed by atoms with Gasteiger partial charge in [0.05, 0.1) is 18.7 Å². The zero-order chi connectivity index (χ0) is 20.0. The molecule has 0 spiro atoms. The number of methoxy groups -OCH3 is 1. The number of nitrogens with one attached hydrogen (secondary N) is 2. The van der Waals surface area contributed by atoms with Crippen molar-refractivity contribution >= 4 is 29.5 Å². The third kappa shape index (κ3) is 5.19. The zero-order valence-corrected chi connectivity index (χ0v) is 15.5. The van der Waals surface area contributed by atoms with Gasteiger partial charge in [0.15, 0.2) is 6.61 Å². The number of hydrogen-bond acceptors (Lipinski definition) is 6. The van der Waals surface area contributed by atoms with Crippen molar-refractivity contribution in [1.29, 1.82) is 0 Å². The second kappa shape index (κ2) is 9.02. The van der Waals surface area contributed by atoms with E-state index in [1.807, 2.05) is 24.4 Å². The van der Waals surface area contributed by atoms with E-state index in [0.717, 1.165) is 5.56 Å². The Morgan fingerprint density at radius 2 is 2.04 bits per heavy atom. The monoisotopic (exact) mass is 377 g/mol. The van der Waals surface area contributed by atoms with Gasteiger partial charge in [0.2, 0.25) is 5.91 Å². The molecule has 0 saturated carbocycles. The molecule has 1 atom stereocenters. The predicted molar refractivity (Wildman–Crippen MR) is 96.4 cm³/mol. The van der Waals surface area contributed by atoms with Gasteiger partial charge in [0.25, 0.3) is 5.91 Å². The van der Waals surface area contributed by atoms with Crippen molar-refractivity contribution in [3.8, 4) is 5.75 Å². The molecular formula is C18H23N3O6. The first-order chi connectivity index (χ1) is 12.8. The molecule has 4 amide bonds. The lowest BCUT2D eigenvalue weighted by molar-refractivity contribution is -0.152. The number of rotatable bonds is 6. The summed E-state index contributed by atoms with van der Waals surface area (Å²) in [7, 11) is 1.51. The number of esters is 1. The van der Waals surface area contributed by atoms with Crippen molar-refractivity contribution < 1.29 is 28.7 Å². The first kappa shape index (κ1) is 20.2. The summed E-state index contributed by atoms with van der Waals surface area (Å²) in [5.41, 5.74) is 1.54. The Balaban J connectivity index is 1.95. The smallest absolute Gasteiger partial charge is 0.321 e. The highest BCUT2D eigenvalue weighted by Crippen LogP contribution is 2.34. The lowest BCUT2D eigenvalue weighted by Gasteiger charge is -2.20. The average Bonchev–Trinajstić information content (AvgIpc) is 3.01. The Kier molecular flexibility index (Phi) is 6.75. The molecular weight excluding hydrogens is 354 g/mol. The Morgan fingerprint density at radius 3 is 2.70 bits per heavy atom. The van der Waals surface area contributed by atoms with Crippen LogP contribution in [0.3, 0.4) is 0 Å². The summed E-state index contributed by atoms with van der Waals surface area (Å²) in [5.74, 6) is -1.80. The van der Waals surface area contributed by atoms with E-state index in [9.17, 15) is 19.2 Å². The number of anilines is 1. The van der Waals surface area contributed by atoms with Gasteiger partial charge in [-0.15, -0.1) is 0 Å². The van der Waals surface area contributed by atoms with Gasteiger partial charge in [0.1, 0.15) is 5.75 Å². The quantitative estimate of drug-likeness (QED) is 0.707. The third-order valence-corrected chi connectivity index (χ3v) is 4.02. The van der Waals surface area contributed by atoms with Crippen molar-refractivity contribution in [2.45, 2.75) is 20.3 Å². The molecule has 1 heterocycles. The van der Waals surface area contributed by atoms with Crippen molar-refractivity contribution in [2.75, 3.05) is 31.7 Å². The third-order valence-electron chi connectivity index (χ3n) is 4.02. The van der Waals surface area contributed by atoms with Gasteiger partial charge in [-0.2, -0.15) is 0 Å². The van der Waals surface area contributed by atoms with Gasteiger partial charge in [-0.1, -0.05) is 6.07 Å². The first-order valence-electron chi connectivity index (χ1n) is 8.55. The molecule has 1 aromatic carbocycles. The fourth-order valence-electron chi connectivity index (χ4n) is 2.73. The van der Waals surface area contributed by atoms with E-state index < -0.39 is 30.4 Å². The van der Waals surface area contributed by atoms with Crippen LogP contribution >= 0.6 is 0 Å². The first-order valence-corrected chi connectivity index (χ1v) is 8.55. The molecule has 2 rings (SSSR count). The van der Waals surface area contributed by atoms with Crippen LogP contribution in [0.15, 0.2) is 18.2 Å². The van der Waals surface area contributed by atoms with E-state index >= 15 is 0 Å². The van der Waals surface area contributed by atoms with Crippen LogP contribution in [-0.2, 0) is 19.1 Å². The molecule has 0 unspecified atom stereocenters. The summed E-state index contributed by atoms with van der Waals surface area (Å²) in [6.07, 6.45) is -0.0200. The number of amides is 4. The molecule has 0 aromatic heterocycles. The fraction of sp³-hybridized carbons (Fsp3) is 0.444. The summed E-state index contributed by atoms with van der Waals surface area (Å²) < 4.78 is 10.2. The van der Waals surface area contributed by atoms with Gasteiger partial charge in [-0.3, -0.25) is 19.7 Å². The van der Waals surface area contributed by atoms with Crippen LogP contribution < -0.4 is 20.3 Å². The lowest BCUT2D eigenvalue weighted by atomic mass is 10.1. The summed E-state index contributed by atoms with van der Waals surface area (Å²) >= 11 is 0. The fourth-order valence-corrected chi connectivity index (χ4v) is 2.73. The number of carbonyl (C=O) groups is 4. The van der Waals surface area contributed by atoms with Crippen LogP contribution in [0.5, 0.6) is 5.75 Å². The minimum Gasteiger partial charge on any atom is -0.495 e. The summed E-state index contributed by atoms with van der Waals surface area (Å²) in [4.78, 5) is 48.8. The summed E-state index contributed by atoms with van der Waals surface area (Å²) in [6, 6.07) is 4.77. The van der Waals surface area contributed by atoms with E-state index in [4.69, 9.17) is 9.47 Å². The van der Waals surface area contributed by atoms with Gasteiger partial charge in [0, 0.05) is 19.5 Å². The average molecular weight is 377 g/mol. The molecule has 0 radical (unpaired) electrons. The van der Waals surface area contributed by atoms with Gasteiger partial charge < -0.3 is 19.7 Å². The van der Waals surface area contributed by atoms with Crippen molar-refractivity contribution in [3.05, 3.63) is 23.8 Å². The second-order valence-corrected chi connectivity index (χ2v) is 6.10. The van der Waals surface area contributed by atoms with E-state index in [1.54, 1.807) is 13.0 Å². The molecule has 146 valence electrons. The molecule has 27 heavy (non-hydrogen) atoms. The normalized spacial score (nSPS) is 16.0. The Bertz CT molecular complexity index is 749. The van der Waals surface area contributed by atoms with E-state index in [0.29, 0.717) is 18.0 Å². The Labute approximate surface area is 157 Å². The Hall–Kier alpha value is -3.10. The molecule has 9 heteroatoms. The number of urea groups is 1. The molecule has 1 saturated heterocycles. The van der Waals surface area contributed by atoms with Gasteiger partial charge in [-0.05, 0) is 31.5 Å². The van der Waals surface area contributed by atoms with Crippen LogP contribution in [-0.4, -0.2) is 50.6 Å². The van der Waals surface area contributed by atoms with E-state index in [1.165, 1.54) is 12.0 Å². The number of hydrogen-bond donors (Lipinski definition) is 2. The minimum absolute atomic E-state index is 0.0200. The lowest BCUT2D eigenvalue weighted by Crippen LogP contribution is -2.41. The van der Waals surface area contributed by atoms with Gasteiger partial charge >= 0.3 is 12.0 Å². The maximum absolute atomic E-state index is 12.4. The zero-order valence-electron chi connectivity index (χ0n) is 15.5. The van der Waals surface area contributed by atoms with E-state index in [-0.39, 0.29) is 18.9 Å². The maximum Gasteiger partial charge on any atom is 0.321 e. The topological polar surface area (TPSA) is 114 Å². The standard InChI is InChI=1S/C18H23N3O6/c1-4-19-18(25)20-15(22)10-27-17(24)12-8-16(23)21(9-12)13-7-11(2)5-6-14(13)26-3/h5-7,12H,4,8-10H2,1-3H3,(H2,19,20,22,25)/t12-/m0/s1. The van der Waals surface area contributed by atoms with Crippen molar-refractivity contribution in [3.63, 3.8) is 0 Å². The van der Waals surface area contributed by atoms with Crippen LogP contribution in [0.25, 0.3) is 0 Å². The summed E-state index contributed by atoms with van der Waals surface area (Å²) in [5, 5.41) is 4.42. The molecule has 0 aliphatic carbocycles. The second-order valence-electron chi connectivity index (χ2n) is 6.10. The predicted octanol–water partition coefficient (Wildman–Crippen LogP) is 0.745. The molecule has 1 fully saturated rings. The highest BCUT2D eigenvalue weighted by Gasteiger charge is 2.37.